The van der Waals surface area contributed by atoms with Crippen LogP contribution in [0.3, 0.4) is 0 Å². The number of hydrogen-bond donors (Lipinski definition) is 2. The molecule has 156 valence electrons. The molecule has 0 aliphatic rings. The Kier molecular flexibility index (Phi) is 5.41. The van der Waals surface area contributed by atoms with Gasteiger partial charge in [0.15, 0.2) is 0 Å². The summed E-state index contributed by atoms with van der Waals surface area (Å²) in [6, 6.07) is 32.7. The molecule has 0 amide bonds. The van der Waals surface area contributed by atoms with Gasteiger partial charge >= 0.3 is 0 Å². The quantitative estimate of drug-likeness (QED) is 0.249. The molecule has 0 saturated carbocycles. The zero-order valence-corrected chi connectivity index (χ0v) is 19.1. The summed E-state index contributed by atoms with van der Waals surface area (Å²) in [5.41, 5.74) is 6.56. The van der Waals surface area contributed by atoms with Gasteiger partial charge in [-0.1, -0.05) is 30.3 Å². The minimum absolute atomic E-state index is 0.214. The maximum atomic E-state index is 9.87. The van der Waals surface area contributed by atoms with E-state index in [4.69, 9.17) is 5.10 Å². The van der Waals surface area contributed by atoms with Crippen LogP contribution >= 0.6 is 22.6 Å². The zero-order valence-electron chi connectivity index (χ0n) is 17.0. The third-order valence-electron chi connectivity index (χ3n) is 5.30. The number of hydrogen-bond acceptors (Lipinski definition) is 3. The molecule has 1 aromatic heterocycles. The predicted octanol–water partition coefficient (Wildman–Crippen LogP) is 6.89. The molecule has 4 aromatic carbocycles. The van der Waals surface area contributed by atoms with E-state index in [1.165, 1.54) is 0 Å². The van der Waals surface area contributed by atoms with Crippen LogP contribution in [0.1, 0.15) is 0 Å². The second-order valence-electron chi connectivity index (χ2n) is 7.42. The van der Waals surface area contributed by atoms with Gasteiger partial charge in [-0.25, -0.2) is 4.68 Å². The lowest BCUT2D eigenvalue weighted by atomic mass is 9.95. The summed E-state index contributed by atoms with van der Waals surface area (Å²) in [5, 5.41) is 24.7. The van der Waals surface area contributed by atoms with Gasteiger partial charge in [-0.3, -0.25) is 0 Å². The van der Waals surface area contributed by atoms with Crippen LogP contribution in [-0.2, 0) is 0 Å². The fraction of sp³-hybridized carbons (Fsp3) is 0. The lowest BCUT2D eigenvalue weighted by Crippen LogP contribution is -1.99. The molecule has 0 unspecified atom stereocenters. The molecule has 5 rings (SSSR count). The van der Waals surface area contributed by atoms with Crippen molar-refractivity contribution in [2.45, 2.75) is 0 Å². The zero-order chi connectivity index (χ0) is 22.1. The van der Waals surface area contributed by atoms with E-state index in [9.17, 15) is 10.2 Å². The molecular formula is C27H19IN2O2. The number of rotatable bonds is 4. The maximum absolute atomic E-state index is 9.87. The highest BCUT2D eigenvalue weighted by Gasteiger charge is 2.23. The standard InChI is InChI=1S/C27H19IN2O2/c28-21-10-12-22(13-11-21)30-27(20-8-16-24(32)17-9-20)25(18-4-2-1-3-5-18)26(29-30)19-6-14-23(31)15-7-19/h1-17,31-32H. The van der Waals surface area contributed by atoms with Gasteiger partial charge in [0, 0.05) is 20.3 Å². The van der Waals surface area contributed by atoms with Gasteiger partial charge in [-0.15, -0.1) is 0 Å². The van der Waals surface area contributed by atoms with Crippen molar-refractivity contribution in [3.05, 3.63) is 107 Å². The van der Waals surface area contributed by atoms with Crippen LogP contribution in [0.2, 0.25) is 0 Å². The van der Waals surface area contributed by atoms with Crippen LogP contribution in [0.25, 0.3) is 39.3 Å². The Morgan fingerprint density at radius 2 is 1.16 bits per heavy atom. The van der Waals surface area contributed by atoms with Crippen molar-refractivity contribution < 1.29 is 10.2 Å². The van der Waals surface area contributed by atoms with Gasteiger partial charge in [0.05, 0.1) is 11.4 Å². The smallest absolute Gasteiger partial charge is 0.115 e. The van der Waals surface area contributed by atoms with E-state index in [0.717, 1.165) is 42.9 Å². The predicted molar refractivity (Wildman–Crippen MR) is 136 cm³/mol. The lowest BCUT2D eigenvalue weighted by Gasteiger charge is -2.11. The minimum atomic E-state index is 0.214. The summed E-state index contributed by atoms with van der Waals surface area (Å²) < 4.78 is 3.10. The molecule has 1 heterocycles. The van der Waals surface area contributed by atoms with Gasteiger partial charge in [-0.05, 0) is 101 Å². The molecule has 0 aliphatic heterocycles. The van der Waals surface area contributed by atoms with E-state index in [-0.39, 0.29) is 11.5 Å². The van der Waals surface area contributed by atoms with Crippen molar-refractivity contribution in [1.82, 2.24) is 9.78 Å². The Morgan fingerprint density at radius 3 is 1.75 bits per heavy atom. The van der Waals surface area contributed by atoms with Crippen LogP contribution < -0.4 is 0 Å². The first kappa shape index (κ1) is 20.3. The van der Waals surface area contributed by atoms with Crippen molar-refractivity contribution in [2.24, 2.45) is 0 Å². The van der Waals surface area contributed by atoms with E-state index < -0.39 is 0 Å². The van der Waals surface area contributed by atoms with Crippen LogP contribution in [-0.4, -0.2) is 20.0 Å². The van der Waals surface area contributed by atoms with Crippen molar-refractivity contribution in [3.8, 4) is 50.8 Å². The molecule has 5 aromatic rings. The third kappa shape index (κ3) is 3.87. The first-order valence-electron chi connectivity index (χ1n) is 10.1. The van der Waals surface area contributed by atoms with Crippen molar-refractivity contribution >= 4 is 22.6 Å². The molecule has 0 atom stereocenters. The first-order valence-corrected chi connectivity index (χ1v) is 11.2. The second-order valence-corrected chi connectivity index (χ2v) is 8.67. The molecular weight excluding hydrogens is 511 g/mol. The Balaban J connectivity index is 1.86. The number of nitrogens with zero attached hydrogens (tertiary/aromatic N) is 2. The van der Waals surface area contributed by atoms with Gasteiger partial charge in [0.25, 0.3) is 0 Å². The SMILES string of the molecule is Oc1ccc(-c2nn(-c3ccc(I)cc3)c(-c3ccc(O)cc3)c2-c2ccccc2)cc1. The average Bonchev–Trinajstić information content (AvgIpc) is 3.22. The normalized spacial score (nSPS) is 10.9. The highest BCUT2D eigenvalue weighted by Crippen LogP contribution is 2.41. The largest absolute Gasteiger partial charge is 0.508 e. The number of benzene rings is 4. The molecule has 0 fully saturated rings. The Morgan fingerprint density at radius 1 is 0.594 bits per heavy atom. The number of halogens is 1. The molecule has 0 radical (unpaired) electrons. The van der Waals surface area contributed by atoms with Crippen LogP contribution in [0.4, 0.5) is 0 Å². The van der Waals surface area contributed by atoms with Gasteiger partial charge in [0.2, 0.25) is 0 Å². The summed E-state index contributed by atoms with van der Waals surface area (Å²) in [5.74, 6) is 0.430. The Hall–Kier alpha value is -3.58. The van der Waals surface area contributed by atoms with Crippen molar-refractivity contribution in [1.29, 1.82) is 0 Å². The van der Waals surface area contributed by atoms with Crippen LogP contribution in [0.15, 0.2) is 103 Å². The molecule has 0 spiro atoms. The monoisotopic (exact) mass is 530 g/mol. The van der Waals surface area contributed by atoms with E-state index in [0.29, 0.717) is 0 Å². The van der Waals surface area contributed by atoms with E-state index in [2.05, 4.69) is 46.9 Å². The molecule has 5 heteroatoms. The molecule has 0 saturated heterocycles. The number of phenols is 2. The highest BCUT2D eigenvalue weighted by molar-refractivity contribution is 14.1. The summed E-state index contributed by atoms with van der Waals surface area (Å²) in [6.07, 6.45) is 0. The molecule has 2 N–H and O–H groups in total. The number of aromatic hydroxyl groups is 2. The van der Waals surface area contributed by atoms with E-state index >= 15 is 0 Å². The van der Waals surface area contributed by atoms with E-state index in [1.54, 1.807) is 24.3 Å². The molecule has 4 nitrogen and oxygen atoms in total. The fourth-order valence-electron chi connectivity index (χ4n) is 3.77. The molecule has 32 heavy (non-hydrogen) atoms. The third-order valence-corrected chi connectivity index (χ3v) is 6.02. The molecule has 0 bridgehead atoms. The van der Waals surface area contributed by atoms with E-state index in [1.807, 2.05) is 59.3 Å². The number of aromatic nitrogens is 2. The van der Waals surface area contributed by atoms with Gasteiger partial charge in [0.1, 0.15) is 17.2 Å². The van der Waals surface area contributed by atoms with Gasteiger partial charge < -0.3 is 10.2 Å². The Bertz CT molecular complexity index is 1360. The fourth-order valence-corrected chi connectivity index (χ4v) is 4.13. The molecule has 0 aliphatic carbocycles. The Labute approximate surface area is 199 Å². The number of phenolic OH excluding ortho intramolecular Hbond substituents is 2. The van der Waals surface area contributed by atoms with Gasteiger partial charge in [-0.2, -0.15) is 5.10 Å². The van der Waals surface area contributed by atoms with Crippen molar-refractivity contribution in [2.75, 3.05) is 0 Å². The lowest BCUT2D eigenvalue weighted by molar-refractivity contribution is 0.475. The maximum Gasteiger partial charge on any atom is 0.115 e. The van der Waals surface area contributed by atoms with Crippen LogP contribution in [0, 0.1) is 3.57 Å². The summed E-state index contributed by atoms with van der Waals surface area (Å²) in [6.45, 7) is 0. The van der Waals surface area contributed by atoms with Crippen LogP contribution in [0.5, 0.6) is 11.5 Å². The second kappa shape index (κ2) is 8.51. The highest BCUT2D eigenvalue weighted by atomic mass is 127. The topological polar surface area (TPSA) is 58.3 Å². The average molecular weight is 530 g/mol. The minimum Gasteiger partial charge on any atom is -0.508 e. The van der Waals surface area contributed by atoms with Crippen molar-refractivity contribution in [3.63, 3.8) is 0 Å². The summed E-state index contributed by atoms with van der Waals surface area (Å²) in [7, 11) is 0. The first-order chi connectivity index (χ1) is 15.6. The summed E-state index contributed by atoms with van der Waals surface area (Å²) >= 11 is 2.29. The summed E-state index contributed by atoms with van der Waals surface area (Å²) in [4.78, 5) is 0.